The maximum atomic E-state index is 13.5. The Kier molecular flexibility index (Phi) is 4.78. The van der Waals surface area contributed by atoms with Crippen LogP contribution in [0, 0.1) is 0 Å². The predicted molar refractivity (Wildman–Crippen MR) is 117 cm³/mol. The molecule has 0 saturated heterocycles. The Morgan fingerprint density at radius 1 is 1.07 bits per heavy atom. The zero-order valence-corrected chi connectivity index (χ0v) is 17.3. The van der Waals surface area contributed by atoms with Crippen LogP contribution in [0.1, 0.15) is 52.2 Å². The molecule has 0 spiro atoms. The molecule has 30 heavy (non-hydrogen) atoms. The molecule has 2 heterocycles. The SMILES string of the molecule is COc1ccc(CN2C(=O)c3ccncc3[C@H]3C[C@]32CCCc2ccccc2)cc1. The fourth-order valence-electron chi connectivity index (χ4n) is 5.02. The van der Waals surface area contributed by atoms with Gasteiger partial charge in [-0.2, -0.15) is 0 Å². The standard InChI is InChI=1S/C26H26N2O2/c1-30-21-11-9-20(10-12-21)18-28-25(29)22-13-15-27-17-23(22)24-16-26(24,28)14-5-8-19-6-3-2-4-7-19/h2-4,6-7,9-13,15,17,24H,5,8,14,16,18H2,1H3/t24-,26-/m1/s1. The van der Waals surface area contributed by atoms with Crippen LogP contribution in [0.15, 0.2) is 73.1 Å². The minimum Gasteiger partial charge on any atom is -0.497 e. The van der Waals surface area contributed by atoms with E-state index in [9.17, 15) is 4.79 Å². The molecule has 4 nitrogen and oxygen atoms in total. The summed E-state index contributed by atoms with van der Waals surface area (Å²) in [6, 6.07) is 20.5. The fourth-order valence-corrected chi connectivity index (χ4v) is 5.02. The second-order valence-electron chi connectivity index (χ2n) is 8.40. The van der Waals surface area contributed by atoms with E-state index in [-0.39, 0.29) is 11.4 Å². The summed E-state index contributed by atoms with van der Waals surface area (Å²) in [5.74, 6) is 1.37. The van der Waals surface area contributed by atoms with Crippen molar-refractivity contribution in [3.05, 3.63) is 95.3 Å². The van der Waals surface area contributed by atoms with Crippen molar-refractivity contribution in [3.8, 4) is 5.75 Å². The average Bonchev–Trinajstić information content (AvgIpc) is 3.53. The first-order chi connectivity index (χ1) is 14.7. The molecule has 2 aromatic carbocycles. The summed E-state index contributed by atoms with van der Waals surface area (Å²) in [5.41, 5.74) is 4.36. The van der Waals surface area contributed by atoms with Gasteiger partial charge in [-0.15, -0.1) is 0 Å². The van der Waals surface area contributed by atoms with Gasteiger partial charge < -0.3 is 9.64 Å². The molecule has 1 aromatic heterocycles. The second-order valence-corrected chi connectivity index (χ2v) is 8.40. The molecule has 0 radical (unpaired) electrons. The van der Waals surface area contributed by atoms with Gasteiger partial charge in [-0.05, 0) is 60.6 Å². The van der Waals surface area contributed by atoms with Crippen molar-refractivity contribution < 1.29 is 9.53 Å². The Morgan fingerprint density at radius 2 is 1.87 bits per heavy atom. The maximum absolute atomic E-state index is 13.5. The van der Waals surface area contributed by atoms with E-state index in [0.29, 0.717) is 12.5 Å². The molecule has 1 fully saturated rings. The van der Waals surface area contributed by atoms with E-state index in [1.54, 1.807) is 13.3 Å². The molecule has 3 aromatic rings. The van der Waals surface area contributed by atoms with Gasteiger partial charge in [0.25, 0.3) is 5.91 Å². The number of nitrogens with zero attached hydrogens (tertiary/aromatic N) is 2. The summed E-state index contributed by atoms with van der Waals surface area (Å²) in [6.45, 7) is 0.631. The molecule has 5 rings (SSSR count). The number of amides is 1. The number of carbonyl (C=O) groups is 1. The molecule has 0 bridgehead atoms. The lowest BCUT2D eigenvalue weighted by molar-refractivity contribution is 0.0580. The number of pyridine rings is 1. The van der Waals surface area contributed by atoms with Crippen LogP contribution < -0.4 is 4.74 Å². The number of aromatic nitrogens is 1. The van der Waals surface area contributed by atoms with E-state index in [2.05, 4.69) is 52.3 Å². The van der Waals surface area contributed by atoms with Gasteiger partial charge in [-0.3, -0.25) is 9.78 Å². The van der Waals surface area contributed by atoms with Crippen LogP contribution in [0.5, 0.6) is 5.75 Å². The zero-order chi connectivity index (χ0) is 20.6. The largest absolute Gasteiger partial charge is 0.497 e. The van der Waals surface area contributed by atoms with Gasteiger partial charge >= 0.3 is 0 Å². The van der Waals surface area contributed by atoms with Crippen molar-refractivity contribution in [1.29, 1.82) is 0 Å². The van der Waals surface area contributed by atoms with E-state index in [4.69, 9.17) is 4.74 Å². The Morgan fingerprint density at radius 3 is 2.63 bits per heavy atom. The Labute approximate surface area is 177 Å². The molecule has 1 amide bonds. The first kappa shape index (κ1) is 18.9. The van der Waals surface area contributed by atoms with Gasteiger partial charge in [0.05, 0.1) is 12.6 Å². The number of fused-ring (bicyclic) bond motifs is 3. The summed E-state index contributed by atoms with van der Waals surface area (Å²) in [6.07, 6.45) is 7.79. The molecule has 0 N–H and O–H groups in total. The number of methoxy groups -OCH3 is 1. The quantitative estimate of drug-likeness (QED) is 0.563. The monoisotopic (exact) mass is 398 g/mol. The van der Waals surface area contributed by atoms with Crippen LogP contribution in [0.2, 0.25) is 0 Å². The van der Waals surface area contributed by atoms with Crippen LogP contribution in [-0.2, 0) is 13.0 Å². The zero-order valence-electron chi connectivity index (χ0n) is 17.3. The topological polar surface area (TPSA) is 42.4 Å². The van der Waals surface area contributed by atoms with Crippen molar-refractivity contribution in [2.75, 3.05) is 7.11 Å². The first-order valence-corrected chi connectivity index (χ1v) is 10.6. The van der Waals surface area contributed by atoms with E-state index in [1.165, 1.54) is 5.56 Å². The van der Waals surface area contributed by atoms with Crippen LogP contribution in [-0.4, -0.2) is 28.4 Å². The Hall–Kier alpha value is -3.14. The second kappa shape index (κ2) is 7.60. The summed E-state index contributed by atoms with van der Waals surface area (Å²) in [4.78, 5) is 19.9. The summed E-state index contributed by atoms with van der Waals surface area (Å²) >= 11 is 0. The molecule has 152 valence electrons. The van der Waals surface area contributed by atoms with E-state index in [1.807, 2.05) is 24.4 Å². The number of aryl methyl sites for hydroxylation is 1. The number of rotatable bonds is 7. The van der Waals surface area contributed by atoms with Crippen LogP contribution in [0.3, 0.4) is 0 Å². The van der Waals surface area contributed by atoms with Gasteiger partial charge in [0.1, 0.15) is 5.75 Å². The number of hydrogen-bond acceptors (Lipinski definition) is 3. The fraction of sp³-hybridized carbons (Fsp3) is 0.308. The third kappa shape index (κ3) is 3.26. The van der Waals surface area contributed by atoms with Crippen molar-refractivity contribution in [1.82, 2.24) is 9.88 Å². The average molecular weight is 399 g/mol. The van der Waals surface area contributed by atoms with Crippen LogP contribution in [0.4, 0.5) is 0 Å². The van der Waals surface area contributed by atoms with Gasteiger partial charge in [0.15, 0.2) is 0 Å². The minimum atomic E-state index is -0.0815. The number of hydrogen-bond donors (Lipinski definition) is 0. The molecule has 1 saturated carbocycles. The lowest BCUT2D eigenvalue weighted by Crippen LogP contribution is -2.46. The van der Waals surface area contributed by atoms with Crippen LogP contribution in [0.25, 0.3) is 0 Å². The van der Waals surface area contributed by atoms with E-state index >= 15 is 0 Å². The summed E-state index contributed by atoms with van der Waals surface area (Å²) in [7, 11) is 1.67. The van der Waals surface area contributed by atoms with Gasteiger partial charge in [-0.1, -0.05) is 42.5 Å². The molecule has 1 aliphatic heterocycles. The maximum Gasteiger partial charge on any atom is 0.255 e. The highest BCUT2D eigenvalue weighted by atomic mass is 16.5. The molecule has 4 heteroatoms. The highest BCUT2D eigenvalue weighted by Crippen LogP contribution is 2.62. The third-order valence-electron chi connectivity index (χ3n) is 6.70. The van der Waals surface area contributed by atoms with E-state index < -0.39 is 0 Å². The predicted octanol–water partition coefficient (Wildman–Crippen LogP) is 5.00. The number of carbonyl (C=O) groups excluding carboxylic acids is 1. The summed E-state index contributed by atoms with van der Waals surface area (Å²) < 4.78 is 5.28. The van der Waals surface area contributed by atoms with Gasteiger partial charge in [0.2, 0.25) is 0 Å². The smallest absolute Gasteiger partial charge is 0.255 e. The highest BCUT2D eigenvalue weighted by molar-refractivity contribution is 5.98. The number of benzene rings is 2. The van der Waals surface area contributed by atoms with Crippen LogP contribution >= 0.6 is 0 Å². The summed E-state index contributed by atoms with van der Waals surface area (Å²) in [5, 5.41) is 0. The third-order valence-corrected chi connectivity index (χ3v) is 6.70. The first-order valence-electron chi connectivity index (χ1n) is 10.6. The van der Waals surface area contributed by atoms with Crippen molar-refractivity contribution in [2.45, 2.75) is 43.7 Å². The normalized spacial score (nSPS) is 21.7. The molecule has 0 unspecified atom stereocenters. The lowest BCUT2D eigenvalue weighted by Gasteiger charge is -2.37. The van der Waals surface area contributed by atoms with Gasteiger partial charge in [0, 0.05) is 30.4 Å². The lowest BCUT2D eigenvalue weighted by atomic mass is 9.90. The highest BCUT2D eigenvalue weighted by Gasteiger charge is 2.63. The molecular weight excluding hydrogens is 372 g/mol. The van der Waals surface area contributed by atoms with Crippen molar-refractivity contribution in [3.63, 3.8) is 0 Å². The number of ether oxygens (including phenoxy) is 1. The molecule has 1 aliphatic carbocycles. The molecule has 2 atom stereocenters. The van der Waals surface area contributed by atoms with Crippen molar-refractivity contribution >= 4 is 5.91 Å². The minimum absolute atomic E-state index is 0.0815. The van der Waals surface area contributed by atoms with Crippen molar-refractivity contribution in [2.24, 2.45) is 0 Å². The van der Waals surface area contributed by atoms with Gasteiger partial charge in [-0.25, -0.2) is 0 Å². The molecular formula is C26H26N2O2. The van der Waals surface area contributed by atoms with E-state index in [0.717, 1.165) is 48.1 Å². The molecule has 2 aliphatic rings. The Balaban J connectivity index is 1.40. The Bertz CT molecular complexity index is 1050.